The topological polar surface area (TPSA) is 26.0 Å². The van der Waals surface area contributed by atoms with Crippen molar-refractivity contribution in [2.45, 2.75) is 33.1 Å². The first kappa shape index (κ1) is 9.79. The van der Waals surface area contributed by atoms with Gasteiger partial charge in [0.2, 0.25) is 0 Å². The van der Waals surface area contributed by atoms with Crippen LogP contribution in [0.5, 0.6) is 0 Å². The van der Waals surface area contributed by atoms with Gasteiger partial charge >= 0.3 is 0 Å². The van der Waals surface area contributed by atoms with Crippen LogP contribution in [0.2, 0.25) is 0 Å². The van der Waals surface area contributed by atoms with Crippen molar-refractivity contribution in [1.82, 2.24) is 0 Å². The normalized spacial score (nSPS) is 30.7. The van der Waals surface area contributed by atoms with E-state index in [1.807, 2.05) is 0 Å². The maximum atomic E-state index is 5.77. The Morgan fingerprint density at radius 3 is 2.75 bits per heavy atom. The van der Waals surface area contributed by atoms with Crippen molar-refractivity contribution in [2.75, 3.05) is 6.54 Å². The fourth-order valence-electron chi connectivity index (χ4n) is 2.20. The Balaban J connectivity index is 2.57. The number of nitrogens with two attached hydrogens (primary N) is 1. The van der Waals surface area contributed by atoms with Crippen LogP contribution in [0.15, 0.2) is 12.2 Å². The minimum absolute atomic E-state index is 0.750. The van der Waals surface area contributed by atoms with Crippen molar-refractivity contribution in [2.24, 2.45) is 23.5 Å². The maximum Gasteiger partial charge on any atom is -0.00459 e. The van der Waals surface area contributed by atoms with Crippen LogP contribution in [-0.4, -0.2) is 6.54 Å². The number of hydrogen-bond donors (Lipinski definition) is 1. The molecular formula is C11H21N. The van der Waals surface area contributed by atoms with E-state index < -0.39 is 0 Å². The Labute approximate surface area is 76.0 Å². The van der Waals surface area contributed by atoms with Gasteiger partial charge in [-0.1, -0.05) is 26.0 Å². The second-order valence-corrected chi connectivity index (χ2v) is 4.19. The van der Waals surface area contributed by atoms with Gasteiger partial charge < -0.3 is 5.73 Å². The number of hydrogen-bond acceptors (Lipinski definition) is 1. The largest absolute Gasteiger partial charge is 0.330 e. The van der Waals surface area contributed by atoms with E-state index in [1.165, 1.54) is 19.3 Å². The highest BCUT2D eigenvalue weighted by molar-refractivity contribution is 4.92. The van der Waals surface area contributed by atoms with Gasteiger partial charge in [-0.15, -0.1) is 0 Å². The molecule has 2 N–H and O–H groups in total. The Morgan fingerprint density at radius 1 is 1.42 bits per heavy atom. The molecular weight excluding hydrogens is 146 g/mol. The molecule has 0 amide bonds. The van der Waals surface area contributed by atoms with E-state index >= 15 is 0 Å². The third kappa shape index (κ3) is 2.34. The van der Waals surface area contributed by atoms with Crippen LogP contribution in [0.3, 0.4) is 0 Å². The quantitative estimate of drug-likeness (QED) is 0.628. The molecule has 0 fully saturated rings. The van der Waals surface area contributed by atoms with E-state index in [0.717, 1.165) is 24.3 Å². The zero-order valence-electron chi connectivity index (χ0n) is 8.29. The van der Waals surface area contributed by atoms with Gasteiger partial charge in [-0.2, -0.15) is 0 Å². The second kappa shape index (κ2) is 4.66. The minimum Gasteiger partial charge on any atom is -0.330 e. The Hall–Kier alpha value is -0.300. The summed E-state index contributed by atoms with van der Waals surface area (Å²) in [6.07, 6.45) is 8.39. The van der Waals surface area contributed by atoms with Crippen molar-refractivity contribution >= 4 is 0 Å². The van der Waals surface area contributed by atoms with E-state index in [0.29, 0.717) is 0 Å². The molecule has 0 radical (unpaired) electrons. The van der Waals surface area contributed by atoms with Crippen LogP contribution in [0, 0.1) is 17.8 Å². The standard InChI is InChI=1S/C11H21N/c1-9(2)11-7-5-3-4-6-10(11)8-12/h3,5,9-11H,4,6-8,12H2,1-2H3/t10-,11?/m0/s1. The first-order valence-corrected chi connectivity index (χ1v) is 5.10. The van der Waals surface area contributed by atoms with E-state index in [4.69, 9.17) is 5.73 Å². The Morgan fingerprint density at radius 2 is 2.17 bits per heavy atom. The summed E-state index contributed by atoms with van der Waals surface area (Å²) in [7, 11) is 0. The third-order valence-electron chi connectivity index (χ3n) is 3.04. The van der Waals surface area contributed by atoms with Crippen molar-refractivity contribution in [3.05, 3.63) is 12.2 Å². The van der Waals surface area contributed by atoms with Gasteiger partial charge in [-0.3, -0.25) is 0 Å². The molecule has 1 heteroatoms. The lowest BCUT2D eigenvalue weighted by molar-refractivity contribution is 0.254. The zero-order valence-corrected chi connectivity index (χ0v) is 8.29. The van der Waals surface area contributed by atoms with Crippen LogP contribution >= 0.6 is 0 Å². The van der Waals surface area contributed by atoms with Crippen LogP contribution < -0.4 is 5.73 Å². The molecule has 70 valence electrons. The molecule has 0 saturated carbocycles. The third-order valence-corrected chi connectivity index (χ3v) is 3.04. The molecule has 1 nitrogen and oxygen atoms in total. The molecule has 0 spiro atoms. The molecule has 0 aromatic rings. The smallest absolute Gasteiger partial charge is 0.00459 e. The van der Waals surface area contributed by atoms with Crippen molar-refractivity contribution < 1.29 is 0 Å². The summed E-state index contributed by atoms with van der Waals surface area (Å²) in [4.78, 5) is 0. The SMILES string of the molecule is CC(C)C1CC=CCC[C@H]1CN. The van der Waals surface area contributed by atoms with Crippen molar-refractivity contribution in [1.29, 1.82) is 0 Å². The van der Waals surface area contributed by atoms with Gasteiger partial charge in [0.1, 0.15) is 0 Å². The lowest BCUT2D eigenvalue weighted by atomic mass is 9.80. The van der Waals surface area contributed by atoms with Crippen LogP contribution in [-0.2, 0) is 0 Å². The van der Waals surface area contributed by atoms with E-state index in [-0.39, 0.29) is 0 Å². The Kier molecular flexibility index (Phi) is 3.80. The van der Waals surface area contributed by atoms with Crippen LogP contribution in [0.25, 0.3) is 0 Å². The van der Waals surface area contributed by atoms with Gasteiger partial charge in [-0.25, -0.2) is 0 Å². The lowest BCUT2D eigenvalue weighted by Gasteiger charge is -2.26. The summed E-state index contributed by atoms with van der Waals surface area (Å²) in [6, 6.07) is 0. The highest BCUT2D eigenvalue weighted by atomic mass is 14.6. The predicted molar refractivity (Wildman–Crippen MR) is 53.9 cm³/mol. The van der Waals surface area contributed by atoms with Gasteiger partial charge in [0.05, 0.1) is 0 Å². The summed E-state index contributed by atoms with van der Waals surface area (Å²) < 4.78 is 0. The maximum absolute atomic E-state index is 5.77. The number of rotatable bonds is 2. The molecule has 1 unspecified atom stereocenters. The zero-order chi connectivity index (χ0) is 8.97. The van der Waals surface area contributed by atoms with Crippen LogP contribution in [0.4, 0.5) is 0 Å². The first-order chi connectivity index (χ1) is 5.75. The minimum atomic E-state index is 0.750. The molecule has 0 saturated heterocycles. The molecule has 2 atom stereocenters. The summed E-state index contributed by atoms with van der Waals surface area (Å²) in [5.74, 6) is 2.34. The van der Waals surface area contributed by atoms with Crippen molar-refractivity contribution in [3.8, 4) is 0 Å². The van der Waals surface area contributed by atoms with E-state index in [2.05, 4.69) is 26.0 Å². The van der Waals surface area contributed by atoms with Gasteiger partial charge in [0.25, 0.3) is 0 Å². The molecule has 12 heavy (non-hydrogen) atoms. The molecule has 1 rings (SSSR count). The monoisotopic (exact) mass is 167 g/mol. The molecule has 1 aliphatic carbocycles. The first-order valence-electron chi connectivity index (χ1n) is 5.10. The van der Waals surface area contributed by atoms with Gasteiger partial charge in [-0.05, 0) is 43.6 Å². The average Bonchev–Trinajstić information content (AvgIpc) is 2.27. The Bertz CT molecular complexity index is 149. The van der Waals surface area contributed by atoms with Crippen LogP contribution in [0.1, 0.15) is 33.1 Å². The fourth-order valence-corrected chi connectivity index (χ4v) is 2.20. The number of allylic oxidation sites excluding steroid dienone is 2. The fraction of sp³-hybridized carbons (Fsp3) is 0.818. The molecule has 0 heterocycles. The summed E-state index contributed by atoms with van der Waals surface area (Å²) >= 11 is 0. The molecule has 0 bridgehead atoms. The van der Waals surface area contributed by atoms with E-state index in [1.54, 1.807) is 0 Å². The summed E-state index contributed by atoms with van der Waals surface area (Å²) in [6.45, 7) is 5.49. The highest BCUT2D eigenvalue weighted by Crippen LogP contribution is 2.30. The van der Waals surface area contributed by atoms with Crippen molar-refractivity contribution in [3.63, 3.8) is 0 Å². The molecule has 0 aromatic carbocycles. The van der Waals surface area contributed by atoms with Gasteiger partial charge in [0.15, 0.2) is 0 Å². The highest BCUT2D eigenvalue weighted by Gasteiger charge is 2.22. The van der Waals surface area contributed by atoms with Gasteiger partial charge in [0, 0.05) is 0 Å². The molecule has 0 aliphatic heterocycles. The molecule has 0 aromatic heterocycles. The second-order valence-electron chi connectivity index (χ2n) is 4.19. The average molecular weight is 167 g/mol. The lowest BCUT2D eigenvalue weighted by Crippen LogP contribution is -2.26. The summed E-state index contributed by atoms with van der Waals surface area (Å²) in [5.41, 5.74) is 5.77. The summed E-state index contributed by atoms with van der Waals surface area (Å²) in [5, 5.41) is 0. The van der Waals surface area contributed by atoms with E-state index in [9.17, 15) is 0 Å². The predicted octanol–water partition coefficient (Wildman–Crippen LogP) is 2.57. The molecule has 1 aliphatic rings.